The molecule has 0 rings (SSSR count). The van der Waals surface area contributed by atoms with E-state index in [9.17, 15) is 4.79 Å². The SMILES string of the molecule is C=CCOC(=O)N(C(C)C)C(C)C.CCN(C(C)C)C(C)C. The molecule has 0 N–H and O–H groups in total. The number of nitrogens with zero attached hydrogens (tertiary/aromatic N) is 2. The van der Waals surface area contributed by atoms with Gasteiger partial charge >= 0.3 is 6.09 Å². The minimum Gasteiger partial charge on any atom is -0.445 e. The van der Waals surface area contributed by atoms with Crippen LogP contribution in [0.4, 0.5) is 4.79 Å². The zero-order chi connectivity index (χ0) is 17.9. The van der Waals surface area contributed by atoms with Crippen LogP contribution >= 0.6 is 0 Å². The lowest BCUT2D eigenvalue weighted by Gasteiger charge is -2.29. The lowest BCUT2D eigenvalue weighted by atomic mass is 10.2. The van der Waals surface area contributed by atoms with E-state index in [4.69, 9.17) is 4.74 Å². The normalized spacial score (nSPS) is 11.0. The first-order valence-corrected chi connectivity index (χ1v) is 8.41. The monoisotopic (exact) mass is 314 g/mol. The first kappa shape index (κ1) is 23.2. The van der Waals surface area contributed by atoms with Gasteiger partial charge in [-0.05, 0) is 61.9 Å². The highest BCUT2D eigenvalue weighted by molar-refractivity contribution is 5.68. The Labute approximate surface area is 138 Å². The topological polar surface area (TPSA) is 32.8 Å². The molecule has 0 aliphatic carbocycles. The summed E-state index contributed by atoms with van der Waals surface area (Å²) in [5.41, 5.74) is 0. The summed E-state index contributed by atoms with van der Waals surface area (Å²) in [5.74, 6) is 0. The molecule has 132 valence electrons. The van der Waals surface area contributed by atoms with E-state index in [1.54, 1.807) is 11.0 Å². The van der Waals surface area contributed by atoms with Crippen molar-refractivity contribution in [3.8, 4) is 0 Å². The third-order valence-corrected chi connectivity index (χ3v) is 3.34. The van der Waals surface area contributed by atoms with Gasteiger partial charge in [0.2, 0.25) is 0 Å². The fourth-order valence-electron chi connectivity index (χ4n) is 2.55. The Morgan fingerprint density at radius 2 is 1.36 bits per heavy atom. The number of ether oxygens (including phenoxy) is 1. The van der Waals surface area contributed by atoms with Gasteiger partial charge in [0.05, 0.1) is 0 Å². The third kappa shape index (κ3) is 9.82. The molecule has 4 heteroatoms. The molecule has 0 aliphatic rings. The minimum absolute atomic E-state index is 0.164. The summed E-state index contributed by atoms with van der Waals surface area (Å²) in [5, 5.41) is 0. The highest BCUT2D eigenvalue weighted by Crippen LogP contribution is 2.07. The molecule has 22 heavy (non-hydrogen) atoms. The molecule has 0 aliphatic heterocycles. The van der Waals surface area contributed by atoms with Crippen LogP contribution in [-0.4, -0.2) is 53.2 Å². The van der Waals surface area contributed by atoms with Crippen LogP contribution in [0.3, 0.4) is 0 Å². The average molecular weight is 315 g/mol. The van der Waals surface area contributed by atoms with Crippen molar-refractivity contribution < 1.29 is 9.53 Å². The van der Waals surface area contributed by atoms with Gasteiger partial charge in [-0.15, -0.1) is 0 Å². The number of amides is 1. The largest absolute Gasteiger partial charge is 0.445 e. The molecule has 4 nitrogen and oxygen atoms in total. The number of hydrogen-bond donors (Lipinski definition) is 0. The van der Waals surface area contributed by atoms with E-state index >= 15 is 0 Å². The van der Waals surface area contributed by atoms with Crippen LogP contribution in [0.15, 0.2) is 12.7 Å². The summed E-state index contributed by atoms with van der Waals surface area (Å²) in [6.07, 6.45) is 1.29. The Kier molecular flexibility index (Phi) is 13.2. The van der Waals surface area contributed by atoms with Crippen molar-refractivity contribution in [3.05, 3.63) is 12.7 Å². The summed E-state index contributed by atoms with van der Waals surface area (Å²) in [7, 11) is 0. The summed E-state index contributed by atoms with van der Waals surface area (Å²) in [6, 6.07) is 1.71. The first-order valence-electron chi connectivity index (χ1n) is 8.41. The van der Waals surface area contributed by atoms with Crippen LogP contribution in [0.5, 0.6) is 0 Å². The zero-order valence-electron chi connectivity index (χ0n) is 16.2. The van der Waals surface area contributed by atoms with E-state index in [1.807, 2.05) is 27.7 Å². The zero-order valence-corrected chi connectivity index (χ0v) is 16.2. The van der Waals surface area contributed by atoms with E-state index in [0.717, 1.165) is 6.54 Å². The molecule has 1 amide bonds. The fourth-order valence-corrected chi connectivity index (χ4v) is 2.55. The van der Waals surface area contributed by atoms with Crippen LogP contribution in [0, 0.1) is 0 Å². The minimum atomic E-state index is -0.273. The molecule has 0 bridgehead atoms. The van der Waals surface area contributed by atoms with Crippen LogP contribution < -0.4 is 0 Å². The molecule has 0 fully saturated rings. The standard InChI is InChI=1S/C10H19NO2.C8H19N/c1-6-7-13-10(12)11(8(2)3)9(4)5;1-6-9(7(2)3)8(4)5/h6,8-9H,1,7H2,2-5H3;7-8H,6H2,1-5H3. The van der Waals surface area contributed by atoms with Gasteiger partial charge in [0.1, 0.15) is 6.61 Å². The maximum Gasteiger partial charge on any atom is 0.410 e. The highest BCUT2D eigenvalue weighted by Gasteiger charge is 2.20. The number of hydrogen-bond acceptors (Lipinski definition) is 3. The smallest absolute Gasteiger partial charge is 0.410 e. The van der Waals surface area contributed by atoms with Gasteiger partial charge in [-0.25, -0.2) is 4.79 Å². The Morgan fingerprint density at radius 1 is 0.955 bits per heavy atom. The Morgan fingerprint density at radius 3 is 1.55 bits per heavy atom. The lowest BCUT2D eigenvalue weighted by molar-refractivity contribution is 0.0876. The summed E-state index contributed by atoms with van der Waals surface area (Å²) in [4.78, 5) is 15.6. The second-order valence-corrected chi connectivity index (χ2v) is 6.48. The van der Waals surface area contributed by atoms with Crippen LogP contribution in [0.1, 0.15) is 62.3 Å². The summed E-state index contributed by atoms with van der Waals surface area (Å²) in [6.45, 7) is 24.0. The number of carbonyl (C=O) groups excluding carboxylic acids is 1. The average Bonchev–Trinajstić information content (AvgIpc) is 2.35. The molecule has 0 saturated carbocycles. The van der Waals surface area contributed by atoms with E-state index in [-0.39, 0.29) is 24.8 Å². The summed E-state index contributed by atoms with van der Waals surface area (Å²) < 4.78 is 4.94. The molecule has 0 aromatic heterocycles. The van der Waals surface area contributed by atoms with Gasteiger partial charge in [-0.1, -0.05) is 19.6 Å². The predicted molar refractivity (Wildman–Crippen MR) is 96.3 cm³/mol. The summed E-state index contributed by atoms with van der Waals surface area (Å²) >= 11 is 0. The van der Waals surface area contributed by atoms with Gasteiger partial charge in [0, 0.05) is 24.2 Å². The van der Waals surface area contributed by atoms with E-state index in [0.29, 0.717) is 12.1 Å². The molecule has 0 heterocycles. The maximum absolute atomic E-state index is 11.4. The van der Waals surface area contributed by atoms with Crippen LogP contribution in [0.2, 0.25) is 0 Å². The lowest BCUT2D eigenvalue weighted by Crippen LogP contribution is -2.42. The van der Waals surface area contributed by atoms with Gasteiger partial charge in [-0.2, -0.15) is 0 Å². The Bertz CT molecular complexity index is 283. The maximum atomic E-state index is 11.4. The van der Waals surface area contributed by atoms with Crippen molar-refractivity contribution in [3.63, 3.8) is 0 Å². The van der Waals surface area contributed by atoms with Crippen molar-refractivity contribution in [2.45, 2.75) is 86.5 Å². The molecular weight excluding hydrogens is 276 g/mol. The fraction of sp³-hybridized carbons (Fsp3) is 0.833. The first-order chi connectivity index (χ1) is 10.1. The Hall–Kier alpha value is -1.03. The molecule has 0 unspecified atom stereocenters. The van der Waals surface area contributed by atoms with Crippen LogP contribution in [0.25, 0.3) is 0 Å². The molecular formula is C18H38N2O2. The molecule has 0 radical (unpaired) electrons. The van der Waals surface area contributed by atoms with Crippen molar-refractivity contribution in [2.24, 2.45) is 0 Å². The third-order valence-electron chi connectivity index (χ3n) is 3.34. The van der Waals surface area contributed by atoms with E-state index in [2.05, 4.69) is 46.1 Å². The molecule has 0 saturated heterocycles. The van der Waals surface area contributed by atoms with Crippen molar-refractivity contribution >= 4 is 6.09 Å². The second kappa shape index (κ2) is 12.5. The quantitative estimate of drug-likeness (QED) is 0.646. The number of carbonyl (C=O) groups is 1. The van der Waals surface area contributed by atoms with E-state index in [1.165, 1.54) is 0 Å². The van der Waals surface area contributed by atoms with Crippen molar-refractivity contribution in [1.29, 1.82) is 0 Å². The number of rotatable bonds is 7. The highest BCUT2D eigenvalue weighted by atomic mass is 16.6. The molecule has 0 aromatic carbocycles. The van der Waals surface area contributed by atoms with Crippen molar-refractivity contribution in [2.75, 3.05) is 13.2 Å². The van der Waals surface area contributed by atoms with Gasteiger partial charge in [0.15, 0.2) is 0 Å². The van der Waals surface area contributed by atoms with Gasteiger partial charge < -0.3 is 9.64 Å². The second-order valence-electron chi connectivity index (χ2n) is 6.48. The van der Waals surface area contributed by atoms with E-state index < -0.39 is 0 Å². The van der Waals surface area contributed by atoms with Crippen LogP contribution in [-0.2, 0) is 4.74 Å². The van der Waals surface area contributed by atoms with Crippen molar-refractivity contribution in [1.82, 2.24) is 9.80 Å². The van der Waals surface area contributed by atoms with Gasteiger partial charge in [0.25, 0.3) is 0 Å². The molecule has 0 aromatic rings. The predicted octanol–water partition coefficient (Wildman–Crippen LogP) is 4.55. The Balaban J connectivity index is 0. The molecule has 0 atom stereocenters. The van der Waals surface area contributed by atoms with Gasteiger partial charge in [-0.3, -0.25) is 4.90 Å². The molecule has 0 spiro atoms.